The van der Waals surface area contributed by atoms with E-state index in [1.165, 1.54) is 0 Å². The smallest absolute Gasteiger partial charge is 0.306 e. The summed E-state index contributed by atoms with van der Waals surface area (Å²) < 4.78 is 1.73. The molecule has 5 rings (SSSR count). The molecule has 38 heavy (non-hydrogen) atoms. The van der Waals surface area contributed by atoms with Gasteiger partial charge in [0.25, 0.3) is 0 Å². The molecule has 10 nitrogen and oxygen atoms in total. The highest BCUT2D eigenvalue weighted by molar-refractivity contribution is 5.72. The van der Waals surface area contributed by atoms with Crippen molar-refractivity contribution in [3.05, 3.63) is 77.7 Å². The van der Waals surface area contributed by atoms with Gasteiger partial charge in [-0.1, -0.05) is 23.4 Å². The van der Waals surface area contributed by atoms with Crippen LogP contribution in [-0.4, -0.2) is 54.0 Å². The number of nitriles is 1. The van der Waals surface area contributed by atoms with Crippen molar-refractivity contribution in [1.82, 2.24) is 29.9 Å². The van der Waals surface area contributed by atoms with Crippen LogP contribution in [-0.2, 0) is 11.3 Å². The third-order valence-corrected chi connectivity index (χ3v) is 6.97. The Morgan fingerprint density at radius 2 is 1.89 bits per heavy atom. The maximum absolute atomic E-state index is 11.3. The van der Waals surface area contributed by atoms with Crippen molar-refractivity contribution in [3.63, 3.8) is 0 Å². The van der Waals surface area contributed by atoms with Crippen LogP contribution in [0.4, 0.5) is 5.82 Å². The number of carboxylic acids is 1. The number of nitrogens with two attached hydrogens (primary N) is 1. The van der Waals surface area contributed by atoms with Crippen LogP contribution in [0.15, 0.2) is 60.8 Å². The Morgan fingerprint density at radius 1 is 1.11 bits per heavy atom. The van der Waals surface area contributed by atoms with Gasteiger partial charge >= 0.3 is 5.97 Å². The number of hydrogen-bond acceptors (Lipinski definition) is 8. The molecule has 0 unspecified atom stereocenters. The molecular formula is C28H28N8O2. The number of benzene rings is 1. The van der Waals surface area contributed by atoms with Crippen LogP contribution in [0.25, 0.3) is 22.5 Å². The predicted octanol–water partition coefficient (Wildman–Crippen LogP) is 3.76. The zero-order chi connectivity index (χ0) is 26.6. The summed E-state index contributed by atoms with van der Waals surface area (Å²) in [6.45, 7) is 4.05. The van der Waals surface area contributed by atoms with Gasteiger partial charge in [-0.05, 0) is 69.3 Å². The minimum atomic E-state index is -0.705. The zero-order valence-corrected chi connectivity index (χ0v) is 21.0. The SMILES string of the molecule is C[C@H](c1cccc(Cn2cc(-c3cc(N)nc(-c4cccc(C#N)c4)c3)nn2)n1)N1CCC(C(=O)O)CC1. The molecule has 1 aliphatic rings. The quantitative estimate of drug-likeness (QED) is 0.381. The topological polar surface area (TPSA) is 147 Å². The molecule has 10 heteroatoms. The molecule has 3 N–H and O–H groups in total. The van der Waals surface area contributed by atoms with Gasteiger partial charge in [0, 0.05) is 17.2 Å². The number of aliphatic carboxylic acids is 1. The van der Waals surface area contributed by atoms with Crippen molar-refractivity contribution in [3.8, 4) is 28.6 Å². The van der Waals surface area contributed by atoms with Gasteiger partial charge < -0.3 is 10.8 Å². The largest absolute Gasteiger partial charge is 0.481 e. The Bertz CT molecular complexity index is 1500. The van der Waals surface area contributed by atoms with Gasteiger partial charge in [-0.15, -0.1) is 5.10 Å². The number of nitrogens with zero attached hydrogens (tertiary/aromatic N) is 7. The van der Waals surface area contributed by atoms with Crippen LogP contribution in [0.1, 0.15) is 42.8 Å². The lowest BCUT2D eigenvalue weighted by atomic mass is 9.95. The fraction of sp³-hybridized carbons (Fsp3) is 0.286. The van der Waals surface area contributed by atoms with E-state index in [1.54, 1.807) is 22.9 Å². The summed E-state index contributed by atoms with van der Waals surface area (Å²) in [5.41, 5.74) is 11.3. The van der Waals surface area contributed by atoms with Crippen molar-refractivity contribution in [2.24, 2.45) is 5.92 Å². The molecule has 0 spiro atoms. The number of likely N-dealkylation sites (tertiary alicyclic amines) is 1. The molecule has 1 aromatic carbocycles. The van der Waals surface area contributed by atoms with E-state index in [0.717, 1.165) is 35.6 Å². The number of aromatic nitrogens is 5. The van der Waals surface area contributed by atoms with Gasteiger partial charge in [0.2, 0.25) is 0 Å². The van der Waals surface area contributed by atoms with E-state index in [0.29, 0.717) is 42.2 Å². The molecule has 4 heterocycles. The van der Waals surface area contributed by atoms with Gasteiger partial charge in [-0.3, -0.25) is 14.7 Å². The standard InChI is InChI=1S/C28H28N8O2/c1-18(35-10-8-20(9-11-35)28(37)38)24-7-3-6-23(31-24)16-36-17-26(33-34-36)22-13-25(32-27(30)14-22)21-5-2-4-19(12-21)15-29/h2-7,12-14,17-18,20H,8-11,16H2,1H3,(H2,30,32)(H,37,38)/t18-/m1/s1. The van der Waals surface area contributed by atoms with Gasteiger partial charge in [-0.2, -0.15) is 5.26 Å². The molecule has 0 amide bonds. The second kappa shape index (κ2) is 10.8. The van der Waals surface area contributed by atoms with Crippen LogP contribution >= 0.6 is 0 Å². The average Bonchev–Trinajstić information content (AvgIpc) is 3.41. The Hall–Kier alpha value is -4.62. The molecule has 4 aromatic rings. The molecule has 192 valence electrons. The van der Waals surface area contributed by atoms with Crippen molar-refractivity contribution in [2.75, 3.05) is 18.8 Å². The zero-order valence-electron chi connectivity index (χ0n) is 21.0. The lowest BCUT2D eigenvalue weighted by Crippen LogP contribution is -2.38. The maximum Gasteiger partial charge on any atom is 0.306 e. The van der Waals surface area contributed by atoms with E-state index in [9.17, 15) is 15.2 Å². The van der Waals surface area contributed by atoms with Crippen molar-refractivity contribution in [2.45, 2.75) is 32.4 Å². The molecule has 3 aromatic heterocycles. The first-order chi connectivity index (χ1) is 18.4. The number of anilines is 1. The summed E-state index contributed by atoms with van der Waals surface area (Å²) in [6.07, 6.45) is 3.16. The van der Waals surface area contributed by atoms with Crippen molar-refractivity contribution < 1.29 is 9.90 Å². The first-order valence-electron chi connectivity index (χ1n) is 12.5. The first-order valence-corrected chi connectivity index (χ1v) is 12.5. The number of carboxylic acid groups (broad SMARTS) is 1. The van der Waals surface area contributed by atoms with E-state index >= 15 is 0 Å². The van der Waals surface area contributed by atoms with E-state index in [2.05, 4.69) is 33.2 Å². The second-order valence-electron chi connectivity index (χ2n) is 9.54. The summed E-state index contributed by atoms with van der Waals surface area (Å²) in [5.74, 6) is -0.609. The Kier molecular flexibility index (Phi) is 7.11. The van der Waals surface area contributed by atoms with E-state index < -0.39 is 5.97 Å². The monoisotopic (exact) mass is 508 g/mol. The van der Waals surface area contributed by atoms with Crippen LogP contribution < -0.4 is 5.73 Å². The minimum Gasteiger partial charge on any atom is -0.481 e. The van der Waals surface area contributed by atoms with Crippen LogP contribution in [0.5, 0.6) is 0 Å². The third-order valence-electron chi connectivity index (χ3n) is 6.97. The number of rotatable bonds is 7. The molecule has 0 aliphatic carbocycles. The highest BCUT2D eigenvalue weighted by Gasteiger charge is 2.27. The Labute approximate surface area is 220 Å². The normalized spacial score (nSPS) is 15.2. The van der Waals surface area contributed by atoms with Gasteiger partial charge in [0.05, 0.1) is 47.4 Å². The lowest BCUT2D eigenvalue weighted by molar-refractivity contribution is -0.143. The predicted molar refractivity (Wildman–Crippen MR) is 142 cm³/mol. The Balaban J connectivity index is 1.31. The molecule has 0 radical (unpaired) electrons. The van der Waals surface area contributed by atoms with Crippen LogP contribution in [0.2, 0.25) is 0 Å². The molecule has 1 fully saturated rings. The molecule has 1 atom stereocenters. The minimum absolute atomic E-state index is 0.0914. The molecular weight excluding hydrogens is 480 g/mol. The second-order valence-corrected chi connectivity index (χ2v) is 9.54. The maximum atomic E-state index is 11.3. The van der Waals surface area contributed by atoms with Crippen molar-refractivity contribution in [1.29, 1.82) is 5.26 Å². The van der Waals surface area contributed by atoms with Crippen LogP contribution in [0.3, 0.4) is 0 Å². The number of hydrogen-bond donors (Lipinski definition) is 2. The van der Waals surface area contributed by atoms with E-state index in [1.807, 2.05) is 42.6 Å². The first kappa shape index (κ1) is 25.0. The number of pyridine rings is 2. The third kappa shape index (κ3) is 5.53. The van der Waals surface area contributed by atoms with Gasteiger partial charge in [-0.25, -0.2) is 9.67 Å². The summed E-state index contributed by atoms with van der Waals surface area (Å²) in [6, 6.07) is 19.0. The Morgan fingerprint density at radius 3 is 2.66 bits per heavy atom. The average molecular weight is 509 g/mol. The van der Waals surface area contributed by atoms with Crippen molar-refractivity contribution >= 4 is 11.8 Å². The van der Waals surface area contributed by atoms with Gasteiger partial charge in [0.15, 0.2) is 0 Å². The van der Waals surface area contributed by atoms with Gasteiger partial charge in [0.1, 0.15) is 11.5 Å². The fourth-order valence-corrected chi connectivity index (χ4v) is 4.81. The molecule has 1 aliphatic heterocycles. The molecule has 0 saturated carbocycles. The summed E-state index contributed by atoms with van der Waals surface area (Å²) in [5, 5.41) is 27.1. The summed E-state index contributed by atoms with van der Waals surface area (Å²) >= 11 is 0. The lowest BCUT2D eigenvalue weighted by Gasteiger charge is -2.34. The summed E-state index contributed by atoms with van der Waals surface area (Å²) in [4.78, 5) is 22.8. The number of nitrogen functional groups attached to an aromatic ring is 1. The molecule has 1 saturated heterocycles. The fourth-order valence-electron chi connectivity index (χ4n) is 4.81. The highest BCUT2D eigenvalue weighted by atomic mass is 16.4. The van der Waals surface area contributed by atoms with E-state index in [4.69, 9.17) is 10.7 Å². The number of carbonyl (C=O) groups is 1. The number of piperidine rings is 1. The van der Waals surface area contributed by atoms with E-state index in [-0.39, 0.29) is 12.0 Å². The highest BCUT2D eigenvalue weighted by Crippen LogP contribution is 2.28. The molecule has 0 bridgehead atoms. The van der Waals surface area contributed by atoms with Crippen LogP contribution in [0, 0.1) is 17.2 Å². The summed E-state index contributed by atoms with van der Waals surface area (Å²) in [7, 11) is 0.